The number of halogens is 2. The molecular weight excluding hydrogens is 259 g/mol. The molecule has 2 rings (SSSR count). The van der Waals surface area contributed by atoms with Gasteiger partial charge in [0, 0.05) is 0 Å². The lowest BCUT2D eigenvalue weighted by atomic mass is 10.2. The molecule has 0 aliphatic carbocycles. The summed E-state index contributed by atoms with van der Waals surface area (Å²) >= 11 is 5.83. The SMILES string of the molecule is Cc1c(C(=O)O)cnn1Cc1cccc(F)c1Cl. The highest BCUT2D eigenvalue weighted by Gasteiger charge is 2.14. The van der Waals surface area contributed by atoms with E-state index in [0.717, 1.165) is 0 Å². The van der Waals surface area contributed by atoms with Crippen LogP contribution in [0.4, 0.5) is 4.39 Å². The zero-order valence-electron chi connectivity index (χ0n) is 9.52. The number of carboxylic acids is 1. The maximum Gasteiger partial charge on any atom is 0.339 e. The van der Waals surface area contributed by atoms with Crippen molar-refractivity contribution >= 4 is 17.6 Å². The fourth-order valence-corrected chi connectivity index (χ4v) is 1.83. The minimum Gasteiger partial charge on any atom is -0.478 e. The second kappa shape index (κ2) is 4.78. The van der Waals surface area contributed by atoms with E-state index in [2.05, 4.69) is 5.10 Å². The summed E-state index contributed by atoms with van der Waals surface area (Å²) in [5.41, 5.74) is 1.19. The summed E-state index contributed by atoms with van der Waals surface area (Å²) in [5.74, 6) is -1.54. The van der Waals surface area contributed by atoms with E-state index in [1.54, 1.807) is 19.1 Å². The van der Waals surface area contributed by atoms with E-state index in [1.807, 2.05) is 0 Å². The second-order valence-corrected chi connectivity index (χ2v) is 4.20. The third-order valence-corrected chi connectivity index (χ3v) is 3.11. The van der Waals surface area contributed by atoms with Gasteiger partial charge in [-0.05, 0) is 18.6 Å². The van der Waals surface area contributed by atoms with E-state index in [4.69, 9.17) is 16.7 Å². The summed E-state index contributed by atoms with van der Waals surface area (Å²) in [7, 11) is 0. The number of rotatable bonds is 3. The Bertz CT molecular complexity index is 610. The van der Waals surface area contributed by atoms with Crippen molar-refractivity contribution in [3.05, 3.63) is 52.1 Å². The first kappa shape index (κ1) is 12.6. The Labute approximate surface area is 108 Å². The third-order valence-electron chi connectivity index (χ3n) is 2.69. The number of hydrogen-bond acceptors (Lipinski definition) is 2. The van der Waals surface area contributed by atoms with Crippen LogP contribution in [0.15, 0.2) is 24.4 Å². The largest absolute Gasteiger partial charge is 0.478 e. The number of hydrogen-bond donors (Lipinski definition) is 1. The molecule has 0 fully saturated rings. The number of carbonyl (C=O) groups is 1. The van der Waals surface area contributed by atoms with E-state index < -0.39 is 11.8 Å². The molecule has 2 aromatic rings. The summed E-state index contributed by atoms with van der Waals surface area (Å²) < 4.78 is 14.7. The van der Waals surface area contributed by atoms with Gasteiger partial charge < -0.3 is 5.11 Å². The molecule has 0 amide bonds. The zero-order chi connectivity index (χ0) is 13.3. The Balaban J connectivity index is 2.35. The van der Waals surface area contributed by atoms with Crippen LogP contribution in [0.3, 0.4) is 0 Å². The average molecular weight is 269 g/mol. The smallest absolute Gasteiger partial charge is 0.339 e. The molecule has 0 unspecified atom stereocenters. The van der Waals surface area contributed by atoms with E-state index in [0.29, 0.717) is 11.3 Å². The summed E-state index contributed by atoms with van der Waals surface area (Å²) in [6.45, 7) is 1.87. The average Bonchev–Trinajstić information content (AvgIpc) is 2.67. The van der Waals surface area contributed by atoms with Gasteiger partial charge in [0.25, 0.3) is 0 Å². The predicted molar refractivity (Wildman–Crippen MR) is 64.4 cm³/mol. The van der Waals surface area contributed by atoms with E-state index in [1.165, 1.54) is 16.9 Å². The number of aromatic carboxylic acids is 1. The Morgan fingerprint density at radius 2 is 2.28 bits per heavy atom. The standard InChI is InChI=1S/C12H10ClFN2O2/c1-7-9(12(17)18)5-15-16(7)6-8-3-2-4-10(14)11(8)13/h2-5H,6H2,1H3,(H,17,18). The first-order valence-electron chi connectivity index (χ1n) is 5.19. The predicted octanol–water partition coefficient (Wildman–Crippen LogP) is 2.73. The van der Waals surface area contributed by atoms with Crippen LogP contribution in [-0.2, 0) is 6.54 Å². The van der Waals surface area contributed by atoms with Gasteiger partial charge in [0.05, 0.1) is 23.5 Å². The monoisotopic (exact) mass is 268 g/mol. The molecular formula is C12H10ClFN2O2. The molecule has 0 spiro atoms. The highest BCUT2D eigenvalue weighted by atomic mass is 35.5. The van der Waals surface area contributed by atoms with E-state index >= 15 is 0 Å². The van der Waals surface area contributed by atoms with Crippen LogP contribution in [0.25, 0.3) is 0 Å². The molecule has 94 valence electrons. The second-order valence-electron chi connectivity index (χ2n) is 3.82. The minimum absolute atomic E-state index is 0.0317. The highest BCUT2D eigenvalue weighted by molar-refractivity contribution is 6.31. The normalized spacial score (nSPS) is 10.6. The van der Waals surface area contributed by atoms with Crippen molar-refractivity contribution in [2.24, 2.45) is 0 Å². The van der Waals surface area contributed by atoms with Gasteiger partial charge in [0.1, 0.15) is 11.4 Å². The summed E-state index contributed by atoms with van der Waals surface area (Å²) in [6.07, 6.45) is 1.27. The molecule has 0 saturated carbocycles. The van der Waals surface area contributed by atoms with Crippen molar-refractivity contribution in [3.63, 3.8) is 0 Å². The van der Waals surface area contributed by atoms with Gasteiger partial charge in [0.2, 0.25) is 0 Å². The van der Waals surface area contributed by atoms with Crippen molar-refractivity contribution in [1.82, 2.24) is 9.78 Å². The van der Waals surface area contributed by atoms with Crippen molar-refractivity contribution in [1.29, 1.82) is 0 Å². The quantitative estimate of drug-likeness (QED) is 0.931. The van der Waals surface area contributed by atoms with Crippen LogP contribution in [-0.4, -0.2) is 20.9 Å². The lowest BCUT2D eigenvalue weighted by molar-refractivity contribution is 0.0696. The van der Waals surface area contributed by atoms with Crippen molar-refractivity contribution < 1.29 is 14.3 Å². The molecule has 6 heteroatoms. The van der Waals surface area contributed by atoms with Gasteiger partial charge in [-0.25, -0.2) is 9.18 Å². The Morgan fingerprint density at radius 3 is 2.89 bits per heavy atom. The molecule has 1 aromatic heterocycles. The fraction of sp³-hybridized carbons (Fsp3) is 0.167. The van der Waals surface area contributed by atoms with E-state index in [-0.39, 0.29) is 17.1 Å². The molecule has 4 nitrogen and oxygen atoms in total. The fourth-order valence-electron chi connectivity index (χ4n) is 1.65. The minimum atomic E-state index is -1.04. The highest BCUT2D eigenvalue weighted by Crippen LogP contribution is 2.21. The van der Waals surface area contributed by atoms with Gasteiger partial charge in [-0.3, -0.25) is 4.68 Å². The molecule has 1 heterocycles. The van der Waals surface area contributed by atoms with Gasteiger partial charge in [-0.2, -0.15) is 5.10 Å². The lowest BCUT2D eigenvalue weighted by Gasteiger charge is -2.07. The van der Waals surface area contributed by atoms with Crippen LogP contribution in [0.1, 0.15) is 21.6 Å². The Kier molecular flexibility index (Phi) is 3.34. The van der Waals surface area contributed by atoms with Gasteiger partial charge >= 0.3 is 5.97 Å². The molecule has 1 aromatic carbocycles. The third kappa shape index (κ3) is 2.22. The molecule has 1 N–H and O–H groups in total. The van der Waals surface area contributed by atoms with Crippen molar-refractivity contribution in [2.45, 2.75) is 13.5 Å². The Hall–Kier alpha value is -1.88. The first-order valence-corrected chi connectivity index (χ1v) is 5.57. The van der Waals surface area contributed by atoms with Crippen LogP contribution in [0.5, 0.6) is 0 Å². The summed E-state index contributed by atoms with van der Waals surface area (Å²) in [6, 6.07) is 4.49. The maximum atomic E-state index is 13.3. The number of benzene rings is 1. The molecule has 0 aliphatic rings. The van der Waals surface area contributed by atoms with Crippen molar-refractivity contribution in [3.8, 4) is 0 Å². The van der Waals surface area contributed by atoms with Crippen LogP contribution >= 0.6 is 11.6 Å². The maximum absolute atomic E-state index is 13.3. The molecule has 0 atom stereocenters. The van der Waals surface area contributed by atoms with Gasteiger partial charge in [-0.1, -0.05) is 23.7 Å². The molecule has 0 aliphatic heterocycles. The number of aromatic nitrogens is 2. The molecule has 0 saturated heterocycles. The number of carboxylic acid groups (broad SMARTS) is 1. The number of nitrogens with zero attached hydrogens (tertiary/aromatic N) is 2. The summed E-state index contributed by atoms with van der Waals surface area (Å²) in [4.78, 5) is 10.9. The zero-order valence-corrected chi connectivity index (χ0v) is 10.3. The van der Waals surface area contributed by atoms with E-state index in [9.17, 15) is 9.18 Å². The van der Waals surface area contributed by atoms with Gasteiger partial charge in [-0.15, -0.1) is 0 Å². The topological polar surface area (TPSA) is 55.1 Å². The van der Waals surface area contributed by atoms with Crippen LogP contribution < -0.4 is 0 Å². The summed E-state index contributed by atoms with van der Waals surface area (Å²) in [5, 5.41) is 12.9. The lowest BCUT2D eigenvalue weighted by Crippen LogP contribution is -2.06. The van der Waals surface area contributed by atoms with Crippen LogP contribution in [0.2, 0.25) is 5.02 Å². The van der Waals surface area contributed by atoms with Gasteiger partial charge in [0.15, 0.2) is 0 Å². The Morgan fingerprint density at radius 1 is 1.56 bits per heavy atom. The first-order chi connectivity index (χ1) is 8.50. The molecule has 18 heavy (non-hydrogen) atoms. The van der Waals surface area contributed by atoms with Crippen LogP contribution in [0, 0.1) is 12.7 Å². The molecule has 0 radical (unpaired) electrons. The molecule has 0 bridgehead atoms. The van der Waals surface area contributed by atoms with Crippen molar-refractivity contribution in [2.75, 3.05) is 0 Å².